The highest BCUT2D eigenvalue weighted by atomic mass is 35.5. The minimum absolute atomic E-state index is 0.198. The maximum Gasteiger partial charge on any atom is 0.147 e. The zero-order chi connectivity index (χ0) is 20.0. The molecule has 3 heterocycles. The van der Waals surface area contributed by atoms with E-state index in [0.29, 0.717) is 5.56 Å². The number of benzene rings is 1. The quantitative estimate of drug-likeness (QED) is 0.479. The van der Waals surface area contributed by atoms with Crippen molar-refractivity contribution in [3.05, 3.63) is 64.8 Å². The first-order valence-electron chi connectivity index (χ1n) is 9.35. The second-order valence-corrected chi connectivity index (χ2v) is 7.49. The lowest BCUT2D eigenvalue weighted by molar-refractivity contribution is 0.178. The molecule has 0 fully saturated rings. The van der Waals surface area contributed by atoms with Crippen LogP contribution in [0.2, 0.25) is 5.15 Å². The van der Waals surface area contributed by atoms with Gasteiger partial charge in [-0.1, -0.05) is 11.6 Å². The predicted octanol–water partition coefficient (Wildman–Crippen LogP) is 4.14. The molecule has 0 radical (unpaired) electrons. The highest BCUT2D eigenvalue weighted by Gasteiger charge is 2.25. The number of fused-ring (bicyclic) bond motifs is 2. The Morgan fingerprint density at radius 1 is 1.24 bits per heavy atom. The van der Waals surface area contributed by atoms with Gasteiger partial charge in [-0.05, 0) is 43.0 Å². The van der Waals surface area contributed by atoms with Gasteiger partial charge < -0.3 is 4.74 Å². The van der Waals surface area contributed by atoms with Crippen LogP contribution in [0.3, 0.4) is 0 Å². The third kappa shape index (κ3) is 3.12. The van der Waals surface area contributed by atoms with Gasteiger partial charge in [-0.25, -0.2) is 9.67 Å². The molecule has 1 aromatic carbocycles. The average Bonchev–Trinajstić information content (AvgIpc) is 3.33. The first-order chi connectivity index (χ1) is 14.1. The molecule has 0 saturated carbocycles. The lowest BCUT2D eigenvalue weighted by Gasteiger charge is -2.25. The van der Waals surface area contributed by atoms with Gasteiger partial charge in [0.2, 0.25) is 0 Å². The minimum atomic E-state index is -0.198. The van der Waals surface area contributed by atoms with Crippen LogP contribution in [0, 0.1) is 11.3 Å². The topological polar surface area (TPSA) is 81.5 Å². The molecule has 1 aliphatic carbocycles. The third-order valence-corrected chi connectivity index (χ3v) is 5.47. The lowest BCUT2D eigenvalue weighted by Crippen LogP contribution is -2.17. The molecule has 0 aliphatic heterocycles. The first kappa shape index (κ1) is 17.7. The highest BCUT2D eigenvalue weighted by Crippen LogP contribution is 2.35. The number of ether oxygens (including phenoxy) is 1. The lowest BCUT2D eigenvalue weighted by atomic mass is 9.92. The van der Waals surface area contributed by atoms with Gasteiger partial charge >= 0.3 is 0 Å². The van der Waals surface area contributed by atoms with Gasteiger partial charge in [-0.15, -0.1) is 0 Å². The smallest absolute Gasteiger partial charge is 0.147 e. The van der Waals surface area contributed by atoms with Crippen LogP contribution in [0.4, 0.5) is 0 Å². The number of aromatic nitrogens is 5. The van der Waals surface area contributed by atoms with E-state index in [0.717, 1.165) is 52.9 Å². The Morgan fingerprint density at radius 3 is 2.93 bits per heavy atom. The van der Waals surface area contributed by atoms with Crippen LogP contribution in [0.15, 0.2) is 42.9 Å². The van der Waals surface area contributed by atoms with Crippen molar-refractivity contribution in [1.82, 2.24) is 24.5 Å². The van der Waals surface area contributed by atoms with Crippen LogP contribution in [0.1, 0.15) is 35.8 Å². The van der Waals surface area contributed by atoms with Gasteiger partial charge in [0.25, 0.3) is 0 Å². The Hall–Kier alpha value is -3.37. The van der Waals surface area contributed by atoms with Crippen molar-refractivity contribution < 1.29 is 4.74 Å². The number of pyridine rings is 1. The van der Waals surface area contributed by atoms with E-state index in [1.54, 1.807) is 10.9 Å². The molecule has 4 aromatic rings. The Kier molecular flexibility index (Phi) is 4.22. The Balaban J connectivity index is 1.50. The zero-order valence-corrected chi connectivity index (χ0v) is 16.5. The van der Waals surface area contributed by atoms with Crippen LogP contribution in [-0.2, 0) is 13.5 Å². The molecule has 0 spiro atoms. The van der Waals surface area contributed by atoms with E-state index < -0.39 is 0 Å². The summed E-state index contributed by atoms with van der Waals surface area (Å²) in [7, 11) is 1.88. The molecule has 1 unspecified atom stereocenters. The molecular formula is C21H17ClN6O. The second-order valence-electron chi connectivity index (χ2n) is 7.13. The summed E-state index contributed by atoms with van der Waals surface area (Å²) >= 11 is 6.18. The van der Waals surface area contributed by atoms with Crippen LogP contribution >= 0.6 is 11.6 Å². The maximum atomic E-state index is 9.20. The molecule has 3 aromatic heterocycles. The monoisotopic (exact) mass is 404 g/mol. The fourth-order valence-electron chi connectivity index (χ4n) is 3.79. The number of halogens is 1. The van der Waals surface area contributed by atoms with Gasteiger partial charge in [-0.3, -0.25) is 4.68 Å². The van der Waals surface area contributed by atoms with Crippen molar-refractivity contribution in [3.8, 4) is 17.5 Å². The summed E-state index contributed by atoms with van der Waals surface area (Å²) in [6.07, 6.45) is 8.01. The van der Waals surface area contributed by atoms with E-state index in [4.69, 9.17) is 16.3 Å². The predicted molar refractivity (Wildman–Crippen MR) is 108 cm³/mol. The van der Waals surface area contributed by atoms with Crippen molar-refractivity contribution in [3.63, 3.8) is 0 Å². The molecule has 8 heteroatoms. The number of nitriles is 1. The number of rotatable bonds is 3. The maximum absolute atomic E-state index is 9.20. The molecule has 0 N–H and O–H groups in total. The normalized spacial score (nSPS) is 15.8. The largest absolute Gasteiger partial charge is 0.484 e. The van der Waals surface area contributed by atoms with E-state index in [-0.39, 0.29) is 11.3 Å². The molecule has 5 rings (SSSR count). The Labute approximate surface area is 172 Å². The van der Waals surface area contributed by atoms with Crippen molar-refractivity contribution >= 4 is 22.5 Å². The third-order valence-electron chi connectivity index (χ3n) is 5.18. The van der Waals surface area contributed by atoms with Crippen molar-refractivity contribution in [2.75, 3.05) is 0 Å². The van der Waals surface area contributed by atoms with Crippen LogP contribution in [0.5, 0.6) is 5.75 Å². The fraction of sp³-hybridized carbons (Fsp3) is 0.238. The van der Waals surface area contributed by atoms with Crippen molar-refractivity contribution in [1.29, 1.82) is 5.26 Å². The van der Waals surface area contributed by atoms with E-state index in [1.165, 1.54) is 0 Å². The summed E-state index contributed by atoms with van der Waals surface area (Å²) in [5.41, 5.74) is 4.09. The Morgan fingerprint density at radius 2 is 2.14 bits per heavy atom. The van der Waals surface area contributed by atoms with E-state index in [9.17, 15) is 5.26 Å². The zero-order valence-electron chi connectivity index (χ0n) is 15.7. The van der Waals surface area contributed by atoms with Crippen LogP contribution < -0.4 is 4.74 Å². The number of nitrogens with zero attached hydrogens (tertiary/aromatic N) is 6. The summed E-state index contributed by atoms with van der Waals surface area (Å²) in [4.78, 5) is 4.47. The van der Waals surface area contributed by atoms with E-state index in [1.807, 2.05) is 48.4 Å². The number of hydrogen-bond acceptors (Lipinski definition) is 5. The summed E-state index contributed by atoms with van der Waals surface area (Å²) in [6.45, 7) is 0. The van der Waals surface area contributed by atoms with Crippen molar-refractivity contribution in [2.24, 2.45) is 7.05 Å². The number of aryl methyl sites for hydroxylation is 2. The summed E-state index contributed by atoms with van der Waals surface area (Å²) in [5.74, 6) is 0.739. The molecular weight excluding hydrogens is 388 g/mol. The molecule has 144 valence electrons. The van der Waals surface area contributed by atoms with Crippen molar-refractivity contribution in [2.45, 2.75) is 25.4 Å². The van der Waals surface area contributed by atoms with Crippen LogP contribution in [-0.4, -0.2) is 24.5 Å². The first-order valence-corrected chi connectivity index (χ1v) is 9.73. The van der Waals surface area contributed by atoms with Gasteiger partial charge in [0, 0.05) is 18.5 Å². The standard InChI is InChI=1S/C21H17ClN6O/c1-27-12-16(11-24-27)28-18-8-17(6-5-14(18)10-25-28)29-19-4-2-3-13-7-15(9-23)21(22)26-20(13)19/h5-8,10-12,19H,2-4H2,1H3. The fourth-order valence-corrected chi connectivity index (χ4v) is 3.98. The molecule has 1 aliphatic rings. The van der Waals surface area contributed by atoms with Gasteiger partial charge in [-0.2, -0.15) is 15.5 Å². The van der Waals surface area contributed by atoms with Gasteiger partial charge in [0.15, 0.2) is 0 Å². The minimum Gasteiger partial charge on any atom is -0.484 e. The molecule has 1 atom stereocenters. The molecule has 0 saturated heterocycles. The van der Waals surface area contributed by atoms with Gasteiger partial charge in [0.1, 0.15) is 28.8 Å². The SMILES string of the molecule is Cn1cc(-n2ncc3ccc(OC4CCCc5cc(C#N)c(Cl)nc54)cc32)cn1. The summed E-state index contributed by atoms with van der Waals surface area (Å²) < 4.78 is 9.91. The molecule has 0 amide bonds. The second kappa shape index (κ2) is 6.90. The van der Waals surface area contributed by atoms with Gasteiger partial charge in [0.05, 0.1) is 35.4 Å². The van der Waals surface area contributed by atoms with E-state index in [2.05, 4.69) is 21.3 Å². The molecule has 0 bridgehead atoms. The molecule has 7 nitrogen and oxygen atoms in total. The summed E-state index contributed by atoms with van der Waals surface area (Å²) in [5, 5.41) is 19.2. The van der Waals surface area contributed by atoms with E-state index >= 15 is 0 Å². The summed E-state index contributed by atoms with van der Waals surface area (Å²) in [6, 6.07) is 9.85. The number of hydrogen-bond donors (Lipinski definition) is 0. The average molecular weight is 405 g/mol. The highest BCUT2D eigenvalue weighted by molar-refractivity contribution is 6.30. The molecule has 29 heavy (non-hydrogen) atoms. The van der Waals surface area contributed by atoms with Crippen LogP contribution in [0.25, 0.3) is 16.6 Å². The Bertz CT molecular complexity index is 1270.